The Labute approximate surface area is 120 Å². The molecule has 2 heterocycles. The van der Waals surface area contributed by atoms with Gasteiger partial charge in [0.15, 0.2) is 5.78 Å². The van der Waals surface area contributed by atoms with Gasteiger partial charge in [0.2, 0.25) is 0 Å². The molecule has 20 heavy (non-hydrogen) atoms. The van der Waals surface area contributed by atoms with Crippen LogP contribution in [0.4, 0.5) is 11.4 Å². The minimum absolute atomic E-state index is 0.0384. The number of ketones is 1. The first kappa shape index (κ1) is 13.4. The smallest absolute Gasteiger partial charge is 0.161 e. The normalized spacial score (nSPS) is 26.6. The topological polar surface area (TPSA) is 49.6 Å². The quantitative estimate of drug-likeness (QED) is 0.662. The van der Waals surface area contributed by atoms with Crippen molar-refractivity contribution in [3.63, 3.8) is 0 Å². The number of carbonyl (C=O) groups excluding carboxylic acids is 1. The first-order valence-electron chi connectivity index (χ1n) is 7.47. The van der Waals surface area contributed by atoms with Gasteiger partial charge in [0.05, 0.1) is 0 Å². The average molecular weight is 273 g/mol. The molecule has 1 aromatic rings. The first-order chi connectivity index (χ1) is 9.56. The molecule has 4 nitrogen and oxygen atoms in total. The van der Waals surface area contributed by atoms with E-state index in [-0.39, 0.29) is 5.78 Å². The van der Waals surface area contributed by atoms with E-state index in [9.17, 15) is 4.79 Å². The van der Waals surface area contributed by atoms with Crippen molar-refractivity contribution in [2.24, 2.45) is 0 Å². The van der Waals surface area contributed by atoms with E-state index in [1.807, 2.05) is 18.2 Å². The number of nitrogens with zero attached hydrogens (tertiary/aromatic N) is 2. The third kappa shape index (κ3) is 2.29. The fourth-order valence-electron chi connectivity index (χ4n) is 3.57. The van der Waals surface area contributed by atoms with Crippen molar-refractivity contribution in [2.45, 2.75) is 38.8 Å². The third-order valence-electron chi connectivity index (χ3n) is 4.69. The number of piperazine rings is 1. The summed E-state index contributed by atoms with van der Waals surface area (Å²) in [6.07, 6.45) is 2.60. The number of hydrogen-bond acceptors (Lipinski definition) is 4. The molecule has 1 aromatic carbocycles. The number of carbonyl (C=O) groups is 1. The molecule has 2 fully saturated rings. The molecule has 2 unspecified atom stereocenters. The van der Waals surface area contributed by atoms with Crippen LogP contribution in [0.15, 0.2) is 18.2 Å². The van der Waals surface area contributed by atoms with Gasteiger partial charge in [-0.1, -0.05) is 0 Å². The van der Waals surface area contributed by atoms with E-state index in [2.05, 4.69) is 16.7 Å². The summed E-state index contributed by atoms with van der Waals surface area (Å²) >= 11 is 0. The summed E-state index contributed by atoms with van der Waals surface area (Å²) in [5.41, 5.74) is 8.24. The summed E-state index contributed by atoms with van der Waals surface area (Å²) < 4.78 is 0. The second kappa shape index (κ2) is 5.09. The van der Waals surface area contributed by atoms with Crippen molar-refractivity contribution in [3.05, 3.63) is 23.8 Å². The molecule has 3 rings (SSSR count). The molecule has 0 spiro atoms. The van der Waals surface area contributed by atoms with E-state index < -0.39 is 0 Å². The lowest BCUT2D eigenvalue weighted by Crippen LogP contribution is -2.55. The summed E-state index contributed by atoms with van der Waals surface area (Å²) in [6.45, 7) is 7.25. The molecule has 4 heteroatoms. The van der Waals surface area contributed by atoms with E-state index >= 15 is 0 Å². The Balaban J connectivity index is 1.88. The highest BCUT2D eigenvalue weighted by atomic mass is 16.1. The number of anilines is 2. The van der Waals surface area contributed by atoms with E-state index in [1.54, 1.807) is 6.92 Å². The zero-order valence-corrected chi connectivity index (χ0v) is 12.3. The van der Waals surface area contributed by atoms with Gasteiger partial charge in [0.1, 0.15) is 0 Å². The first-order valence-corrected chi connectivity index (χ1v) is 7.47. The highest BCUT2D eigenvalue weighted by molar-refractivity contribution is 6.00. The molecule has 2 atom stereocenters. The lowest BCUT2D eigenvalue weighted by molar-refractivity contribution is 0.101. The van der Waals surface area contributed by atoms with Gasteiger partial charge in [-0.05, 0) is 51.4 Å². The van der Waals surface area contributed by atoms with Crippen molar-refractivity contribution in [1.29, 1.82) is 0 Å². The van der Waals surface area contributed by atoms with Crippen molar-refractivity contribution < 1.29 is 4.79 Å². The Bertz CT molecular complexity index is 528. The van der Waals surface area contributed by atoms with E-state index in [1.165, 1.54) is 19.4 Å². The van der Waals surface area contributed by atoms with Gasteiger partial charge in [-0.25, -0.2) is 0 Å². The Kier molecular flexibility index (Phi) is 3.42. The maximum absolute atomic E-state index is 11.7. The molecule has 0 aromatic heterocycles. The minimum atomic E-state index is 0.0384. The van der Waals surface area contributed by atoms with E-state index in [4.69, 9.17) is 5.73 Å². The zero-order valence-electron chi connectivity index (χ0n) is 12.3. The summed E-state index contributed by atoms with van der Waals surface area (Å²) in [5.74, 6) is 0.0384. The molecule has 0 amide bonds. The van der Waals surface area contributed by atoms with E-state index in [0.717, 1.165) is 18.8 Å². The van der Waals surface area contributed by atoms with Crippen LogP contribution in [-0.2, 0) is 0 Å². The average Bonchev–Trinajstić information content (AvgIpc) is 2.85. The number of rotatable bonds is 2. The number of Topliss-reactive ketones (excluding diaryl/α,β-unsaturated/α-hetero) is 1. The number of nitrogens with two attached hydrogens (primary N) is 1. The Morgan fingerprint density at radius 3 is 2.90 bits per heavy atom. The Morgan fingerprint density at radius 2 is 2.15 bits per heavy atom. The summed E-state index contributed by atoms with van der Waals surface area (Å²) in [7, 11) is 0. The minimum Gasteiger partial charge on any atom is -0.398 e. The van der Waals surface area contributed by atoms with Gasteiger partial charge in [-0.2, -0.15) is 0 Å². The molecule has 2 N–H and O–H groups in total. The highest BCUT2D eigenvalue weighted by Gasteiger charge is 2.34. The molecule has 108 valence electrons. The summed E-state index contributed by atoms with van der Waals surface area (Å²) in [4.78, 5) is 16.7. The summed E-state index contributed by atoms with van der Waals surface area (Å²) in [5, 5.41) is 0. The van der Waals surface area contributed by atoms with Crippen LogP contribution in [0.5, 0.6) is 0 Å². The number of fused-ring (bicyclic) bond motifs is 1. The lowest BCUT2D eigenvalue weighted by atomic mass is 10.0. The highest BCUT2D eigenvalue weighted by Crippen LogP contribution is 2.30. The fraction of sp³-hybridized carbons (Fsp3) is 0.562. The molecule has 0 radical (unpaired) electrons. The fourth-order valence-corrected chi connectivity index (χ4v) is 3.57. The van der Waals surface area contributed by atoms with Crippen LogP contribution >= 0.6 is 0 Å². The maximum atomic E-state index is 11.7. The second-order valence-electron chi connectivity index (χ2n) is 6.12. The van der Waals surface area contributed by atoms with Crippen LogP contribution in [0.3, 0.4) is 0 Å². The molecular weight excluding hydrogens is 250 g/mol. The van der Waals surface area contributed by atoms with E-state index in [0.29, 0.717) is 23.3 Å². The molecular formula is C16H23N3O. The Hall–Kier alpha value is -1.55. The molecule has 2 aliphatic heterocycles. The SMILES string of the molecule is CC(=O)c1cc(N2CC3CCCN3CC2C)ccc1N. The molecule has 2 saturated heterocycles. The molecule has 0 saturated carbocycles. The lowest BCUT2D eigenvalue weighted by Gasteiger charge is -2.43. The molecule has 2 aliphatic rings. The van der Waals surface area contributed by atoms with Gasteiger partial charge < -0.3 is 10.6 Å². The van der Waals surface area contributed by atoms with Crippen molar-refractivity contribution in [3.8, 4) is 0 Å². The molecule has 0 bridgehead atoms. The van der Waals surface area contributed by atoms with Crippen molar-refractivity contribution in [1.82, 2.24) is 4.90 Å². The Morgan fingerprint density at radius 1 is 1.35 bits per heavy atom. The third-order valence-corrected chi connectivity index (χ3v) is 4.69. The van der Waals surface area contributed by atoms with Gasteiger partial charge in [-0.3, -0.25) is 9.69 Å². The van der Waals surface area contributed by atoms with Crippen LogP contribution < -0.4 is 10.6 Å². The maximum Gasteiger partial charge on any atom is 0.161 e. The summed E-state index contributed by atoms with van der Waals surface area (Å²) in [6, 6.07) is 7.01. The van der Waals surface area contributed by atoms with Crippen LogP contribution in [0.2, 0.25) is 0 Å². The van der Waals surface area contributed by atoms with Gasteiger partial charge in [-0.15, -0.1) is 0 Å². The monoisotopic (exact) mass is 273 g/mol. The molecule has 0 aliphatic carbocycles. The number of benzene rings is 1. The van der Waals surface area contributed by atoms with Gasteiger partial charge >= 0.3 is 0 Å². The van der Waals surface area contributed by atoms with Crippen LogP contribution in [-0.4, -0.2) is 42.4 Å². The standard InChI is InChI=1S/C16H23N3O/c1-11-9-18-7-3-4-14(18)10-19(11)13-5-6-16(17)15(8-13)12(2)20/h5-6,8,11,14H,3-4,7,9-10,17H2,1-2H3. The van der Waals surface area contributed by atoms with Crippen LogP contribution in [0.1, 0.15) is 37.0 Å². The number of hydrogen-bond donors (Lipinski definition) is 1. The van der Waals surface area contributed by atoms with Gasteiger partial charge in [0, 0.05) is 42.1 Å². The zero-order chi connectivity index (χ0) is 14.3. The number of nitrogen functional groups attached to an aromatic ring is 1. The van der Waals surface area contributed by atoms with Gasteiger partial charge in [0.25, 0.3) is 0 Å². The second-order valence-corrected chi connectivity index (χ2v) is 6.12. The van der Waals surface area contributed by atoms with Crippen molar-refractivity contribution >= 4 is 17.2 Å². The van der Waals surface area contributed by atoms with Crippen LogP contribution in [0, 0.1) is 0 Å². The van der Waals surface area contributed by atoms with Crippen molar-refractivity contribution in [2.75, 3.05) is 30.3 Å². The predicted molar refractivity (Wildman–Crippen MR) is 82.3 cm³/mol. The largest absolute Gasteiger partial charge is 0.398 e. The van der Waals surface area contributed by atoms with Crippen LogP contribution in [0.25, 0.3) is 0 Å². The predicted octanol–water partition coefficient (Wildman–Crippen LogP) is 2.14.